The average Bonchev–Trinajstić information content (AvgIpc) is 2.78. The first-order valence-corrected chi connectivity index (χ1v) is 5.79. The van der Waals surface area contributed by atoms with Crippen LogP contribution in [0.15, 0.2) is 6.20 Å². The fourth-order valence-electron chi connectivity index (χ4n) is 1.61. The van der Waals surface area contributed by atoms with Gasteiger partial charge >= 0.3 is 0 Å². The summed E-state index contributed by atoms with van der Waals surface area (Å²) in [5.74, 6) is 0.590. The topological polar surface area (TPSA) is 53.4 Å². The number of carbonyl (C=O) groups excluding carboxylic acids is 1. The van der Waals surface area contributed by atoms with E-state index >= 15 is 0 Å². The van der Waals surface area contributed by atoms with E-state index in [1.165, 1.54) is 0 Å². The molecule has 0 bridgehead atoms. The molecule has 1 aromatic heterocycles. The number of aryl methyl sites for hydroxylation is 1. The lowest BCUT2D eigenvalue weighted by Crippen LogP contribution is -2.13. The van der Waals surface area contributed by atoms with Gasteiger partial charge in [0.2, 0.25) is 0 Å². The van der Waals surface area contributed by atoms with Crippen molar-refractivity contribution in [1.29, 1.82) is 0 Å². The van der Waals surface area contributed by atoms with Crippen LogP contribution in [0.3, 0.4) is 0 Å². The molecular weight excluding hydrogens is 220 g/mol. The SMILES string of the molecule is CCn1ncc(OC)c1C(=O)CCC(C)OC. The standard InChI is InChI=1S/C12H20N2O3/c1-5-14-12(11(17-4)8-13-14)10(15)7-6-9(2)16-3/h8-9H,5-7H2,1-4H3. The number of ketones is 1. The Balaban J connectivity index is 2.76. The molecule has 1 unspecified atom stereocenters. The summed E-state index contributed by atoms with van der Waals surface area (Å²) >= 11 is 0. The summed E-state index contributed by atoms with van der Waals surface area (Å²) in [6, 6.07) is 0. The number of hydrogen-bond donors (Lipinski definition) is 0. The largest absolute Gasteiger partial charge is 0.493 e. The van der Waals surface area contributed by atoms with Crippen LogP contribution >= 0.6 is 0 Å². The first kappa shape index (κ1) is 13.7. The highest BCUT2D eigenvalue weighted by atomic mass is 16.5. The molecule has 0 saturated carbocycles. The van der Waals surface area contributed by atoms with Crippen molar-refractivity contribution < 1.29 is 14.3 Å². The predicted molar refractivity (Wildman–Crippen MR) is 64.5 cm³/mol. The lowest BCUT2D eigenvalue weighted by atomic mass is 10.1. The second-order valence-electron chi connectivity index (χ2n) is 3.89. The Morgan fingerprint density at radius 2 is 2.24 bits per heavy atom. The molecule has 0 amide bonds. The Hall–Kier alpha value is -1.36. The zero-order chi connectivity index (χ0) is 12.8. The van der Waals surface area contributed by atoms with E-state index in [9.17, 15) is 4.79 Å². The van der Waals surface area contributed by atoms with Gasteiger partial charge in [-0.2, -0.15) is 5.10 Å². The van der Waals surface area contributed by atoms with Crippen molar-refractivity contribution in [2.75, 3.05) is 14.2 Å². The number of methoxy groups -OCH3 is 2. The van der Waals surface area contributed by atoms with Gasteiger partial charge < -0.3 is 9.47 Å². The van der Waals surface area contributed by atoms with Crippen LogP contribution in [0, 0.1) is 0 Å². The smallest absolute Gasteiger partial charge is 0.184 e. The van der Waals surface area contributed by atoms with E-state index < -0.39 is 0 Å². The first-order valence-electron chi connectivity index (χ1n) is 5.79. The van der Waals surface area contributed by atoms with E-state index in [2.05, 4.69) is 5.10 Å². The number of aromatic nitrogens is 2. The molecule has 0 aliphatic carbocycles. The molecule has 5 heteroatoms. The molecule has 1 aromatic rings. The molecule has 0 spiro atoms. The van der Waals surface area contributed by atoms with Crippen molar-refractivity contribution in [3.8, 4) is 5.75 Å². The van der Waals surface area contributed by atoms with Crippen LogP contribution in [0.5, 0.6) is 5.75 Å². The van der Waals surface area contributed by atoms with Crippen molar-refractivity contribution in [3.05, 3.63) is 11.9 Å². The van der Waals surface area contributed by atoms with Crippen LogP contribution in [0.4, 0.5) is 0 Å². The van der Waals surface area contributed by atoms with Crippen molar-refractivity contribution in [1.82, 2.24) is 9.78 Å². The summed E-state index contributed by atoms with van der Waals surface area (Å²) in [6.07, 6.45) is 2.81. The third-order valence-corrected chi connectivity index (χ3v) is 2.77. The van der Waals surface area contributed by atoms with Gasteiger partial charge in [-0.05, 0) is 20.3 Å². The summed E-state index contributed by atoms with van der Waals surface area (Å²) in [6.45, 7) is 4.55. The average molecular weight is 240 g/mol. The zero-order valence-corrected chi connectivity index (χ0v) is 10.9. The van der Waals surface area contributed by atoms with Crippen molar-refractivity contribution in [3.63, 3.8) is 0 Å². The molecule has 96 valence electrons. The molecule has 1 rings (SSSR count). The second kappa shape index (κ2) is 6.39. The Kier molecular flexibility index (Phi) is 5.15. The summed E-state index contributed by atoms with van der Waals surface area (Å²) < 4.78 is 11.9. The molecular formula is C12H20N2O3. The Labute approximate surface area is 102 Å². The highest BCUT2D eigenvalue weighted by molar-refractivity contribution is 5.97. The molecule has 1 atom stereocenters. The van der Waals surface area contributed by atoms with E-state index in [0.29, 0.717) is 30.8 Å². The van der Waals surface area contributed by atoms with Gasteiger partial charge in [0.05, 0.1) is 19.4 Å². The molecule has 17 heavy (non-hydrogen) atoms. The lowest BCUT2D eigenvalue weighted by molar-refractivity contribution is 0.0867. The maximum atomic E-state index is 12.1. The number of rotatable bonds is 7. The van der Waals surface area contributed by atoms with Crippen LogP contribution in [0.2, 0.25) is 0 Å². The van der Waals surface area contributed by atoms with Crippen molar-refractivity contribution >= 4 is 5.78 Å². The van der Waals surface area contributed by atoms with Crippen LogP contribution in [0.1, 0.15) is 37.2 Å². The Morgan fingerprint density at radius 1 is 1.53 bits per heavy atom. The third kappa shape index (κ3) is 3.30. The molecule has 0 aliphatic rings. The van der Waals surface area contributed by atoms with Gasteiger partial charge in [-0.1, -0.05) is 0 Å². The van der Waals surface area contributed by atoms with Crippen LogP contribution in [-0.4, -0.2) is 35.9 Å². The minimum Gasteiger partial charge on any atom is -0.493 e. The van der Waals surface area contributed by atoms with Crippen molar-refractivity contribution in [2.45, 2.75) is 39.3 Å². The molecule has 0 fully saturated rings. The highest BCUT2D eigenvalue weighted by Gasteiger charge is 2.19. The third-order valence-electron chi connectivity index (χ3n) is 2.77. The molecule has 0 radical (unpaired) electrons. The number of ether oxygens (including phenoxy) is 2. The lowest BCUT2D eigenvalue weighted by Gasteiger charge is -2.09. The Morgan fingerprint density at radius 3 is 2.76 bits per heavy atom. The van der Waals surface area contributed by atoms with E-state index in [0.717, 1.165) is 0 Å². The Bertz CT molecular complexity index is 352. The van der Waals surface area contributed by atoms with Crippen molar-refractivity contribution in [2.24, 2.45) is 0 Å². The molecule has 1 heterocycles. The summed E-state index contributed by atoms with van der Waals surface area (Å²) in [5.41, 5.74) is 0.554. The fourth-order valence-corrected chi connectivity index (χ4v) is 1.61. The normalized spacial score (nSPS) is 12.5. The van der Waals surface area contributed by atoms with E-state index in [1.807, 2.05) is 13.8 Å². The monoisotopic (exact) mass is 240 g/mol. The molecule has 5 nitrogen and oxygen atoms in total. The van der Waals surface area contributed by atoms with Gasteiger partial charge in [0.25, 0.3) is 0 Å². The maximum absolute atomic E-state index is 12.1. The van der Waals surface area contributed by atoms with E-state index in [4.69, 9.17) is 9.47 Å². The van der Waals surface area contributed by atoms with Gasteiger partial charge in [0.1, 0.15) is 5.69 Å². The van der Waals surface area contributed by atoms with Crippen LogP contribution in [-0.2, 0) is 11.3 Å². The van der Waals surface area contributed by atoms with E-state index in [1.54, 1.807) is 25.1 Å². The van der Waals surface area contributed by atoms with Gasteiger partial charge in [-0.25, -0.2) is 0 Å². The number of nitrogens with zero attached hydrogens (tertiary/aromatic N) is 2. The number of carbonyl (C=O) groups is 1. The van der Waals surface area contributed by atoms with Gasteiger partial charge in [0, 0.05) is 20.1 Å². The first-order chi connectivity index (χ1) is 8.13. The van der Waals surface area contributed by atoms with Gasteiger partial charge in [-0.15, -0.1) is 0 Å². The number of Topliss-reactive ketones (excluding diaryl/α,β-unsaturated/α-hetero) is 1. The zero-order valence-electron chi connectivity index (χ0n) is 10.9. The minimum absolute atomic E-state index is 0.0464. The summed E-state index contributed by atoms with van der Waals surface area (Å²) in [7, 11) is 3.19. The predicted octanol–water partition coefficient (Wildman–Crippen LogP) is 1.91. The van der Waals surface area contributed by atoms with Gasteiger partial charge in [-0.3, -0.25) is 9.48 Å². The fraction of sp³-hybridized carbons (Fsp3) is 0.667. The summed E-state index contributed by atoms with van der Waals surface area (Å²) in [4.78, 5) is 12.1. The molecule has 0 saturated heterocycles. The molecule has 0 aliphatic heterocycles. The molecule has 0 aromatic carbocycles. The van der Waals surface area contributed by atoms with Crippen LogP contribution in [0.25, 0.3) is 0 Å². The molecule has 0 N–H and O–H groups in total. The number of hydrogen-bond acceptors (Lipinski definition) is 4. The minimum atomic E-state index is 0.0464. The maximum Gasteiger partial charge on any atom is 0.184 e. The quantitative estimate of drug-likeness (QED) is 0.683. The second-order valence-corrected chi connectivity index (χ2v) is 3.89. The van der Waals surface area contributed by atoms with Gasteiger partial charge in [0.15, 0.2) is 11.5 Å². The van der Waals surface area contributed by atoms with E-state index in [-0.39, 0.29) is 11.9 Å². The highest BCUT2D eigenvalue weighted by Crippen LogP contribution is 2.20. The van der Waals surface area contributed by atoms with Crippen LogP contribution < -0.4 is 4.74 Å². The summed E-state index contributed by atoms with van der Waals surface area (Å²) in [5, 5.41) is 4.11.